The lowest BCUT2D eigenvalue weighted by Crippen LogP contribution is -2.23. The molecule has 1 aliphatic rings. The second kappa shape index (κ2) is 6.04. The van der Waals surface area contributed by atoms with Crippen LogP contribution in [0.1, 0.15) is 35.2 Å². The molecular weight excluding hydrogens is 284 g/mol. The van der Waals surface area contributed by atoms with Gasteiger partial charge in [0.05, 0.1) is 7.11 Å². The van der Waals surface area contributed by atoms with Crippen molar-refractivity contribution in [1.82, 2.24) is 10.3 Å². The van der Waals surface area contributed by atoms with E-state index in [-0.39, 0.29) is 6.04 Å². The van der Waals surface area contributed by atoms with Crippen molar-refractivity contribution >= 4 is 11.6 Å². The number of rotatable bonds is 4. The summed E-state index contributed by atoms with van der Waals surface area (Å²) in [5, 5.41) is 4.12. The van der Waals surface area contributed by atoms with Gasteiger partial charge in [0.1, 0.15) is 5.75 Å². The smallest absolute Gasteiger partial charge is 0.125 e. The second-order valence-corrected chi connectivity index (χ2v) is 5.78. The van der Waals surface area contributed by atoms with Crippen LogP contribution < -0.4 is 10.1 Å². The van der Waals surface area contributed by atoms with Crippen molar-refractivity contribution in [2.45, 2.75) is 24.8 Å². The molecule has 1 aromatic heterocycles. The summed E-state index contributed by atoms with van der Waals surface area (Å²) >= 11 is 6.07. The third-order valence-electron chi connectivity index (χ3n) is 4.25. The van der Waals surface area contributed by atoms with Crippen molar-refractivity contribution in [3.63, 3.8) is 0 Å². The van der Waals surface area contributed by atoms with Gasteiger partial charge >= 0.3 is 0 Å². The monoisotopic (exact) mass is 302 g/mol. The number of hydrogen-bond donors (Lipinski definition) is 1. The van der Waals surface area contributed by atoms with E-state index in [2.05, 4.69) is 16.4 Å². The molecule has 0 bridgehead atoms. The maximum Gasteiger partial charge on any atom is 0.125 e. The summed E-state index contributed by atoms with van der Waals surface area (Å²) in [5.74, 6) is 1.19. The number of aryl methyl sites for hydroxylation is 1. The van der Waals surface area contributed by atoms with Crippen LogP contribution in [0.4, 0.5) is 0 Å². The third kappa shape index (κ3) is 2.63. The zero-order chi connectivity index (χ0) is 14.8. The Bertz CT molecular complexity index is 644. The number of benzene rings is 1. The Morgan fingerprint density at radius 3 is 3.00 bits per heavy atom. The molecule has 2 unspecified atom stereocenters. The van der Waals surface area contributed by atoms with E-state index in [1.165, 1.54) is 11.3 Å². The Kier molecular flexibility index (Phi) is 4.13. The van der Waals surface area contributed by atoms with Gasteiger partial charge in [0.15, 0.2) is 0 Å². The van der Waals surface area contributed by atoms with Crippen LogP contribution in [0.15, 0.2) is 36.5 Å². The zero-order valence-corrected chi connectivity index (χ0v) is 13.0. The lowest BCUT2D eigenvalue weighted by atomic mass is 9.90. The summed E-state index contributed by atoms with van der Waals surface area (Å²) < 4.78 is 5.51. The topological polar surface area (TPSA) is 34.1 Å². The van der Waals surface area contributed by atoms with Crippen molar-refractivity contribution in [2.24, 2.45) is 0 Å². The highest BCUT2D eigenvalue weighted by Crippen LogP contribution is 2.43. The van der Waals surface area contributed by atoms with E-state index in [0.29, 0.717) is 10.9 Å². The number of likely N-dealkylation sites (N-methyl/N-ethyl adjacent to an activating group) is 1. The molecule has 0 radical (unpaired) electrons. The van der Waals surface area contributed by atoms with E-state index in [4.69, 9.17) is 16.3 Å². The lowest BCUT2D eigenvalue weighted by Gasteiger charge is -2.25. The molecule has 0 amide bonds. The number of aromatic nitrogens is 1. The van der Waals surface area contributed by atoms with Gasteiger partial charge < -0.3 is 10.1 Å². The van der Waals surface area contributed by atoms with Crippen molar-refractivity contribution in [3.05, 3.63) is 58.4 Å². The highest BCUT2D eigenvalue weighted by Gasteiger charge is 2.32. The minimum Gasteiger partial charge on any atom is -0.496 e. The van der Waals surface area contributed by atoms with Crippen LogP contribution >= 0.6 is 11.6 Å². The Morgan fingerprint density at radius 1 is 1.38 bits per heavy atom. The summed E-state index contributed by atoms with van der Waals surface area (Å²) in [5.41, 5.74) is 3.69. The SMILES string of the molecule is CNC(c1ccc(Cl)cc1OC)C1CCc2cccnc21. The van der Waals surface area contributed by atoms with Crippen LogP contribution in [0.5, 0.6) is 5.75 Å². The van der Waals surface area contributed by atoms with Gasteiger partial charge in [-0.15, -0.1) is 0 Å². The van der Waals surface area contributed by atoms with Crippen LogP contribution in [0.25, 0.3) is 0 Å². The van der Waals surface area contributed by atoms with E-state index in [1.54, 1.807) is 7.11 Å². The molecule has 110 valence electrons. The number of ether oxygens (including phenoxy) is 1. The summed E-state index contributed by atoms with van der Waals surface area (Å²) in [7, 11) is 3.67. The summed E-state index contributed by atoms with van der Waals surface area (Å²) in [4.78, 5) is 4.60. The molecule has 1 aromatic carbocycles. The molecule has 4 heteroatoms. The Hall–Kier alpha value is -1.58. The Morgan fingerprint density at radius 2 is 2.24 bits per heavy atom. The molecule has 1 aliphatic carbocycles. The fraction of sp³-hybridized carbons (Fsp3) is 0.353. The number of nitrogens with one attached hydrogen (secondary N) is 1. The van der Waals surface area contributed by atoms with Gasteiger partial charge in [0.2, 0.25) is 0 Å². The number of methoxy groups -OCH3 is 1. The van der Waals surface area contributed by atoms with E-state index in [1.807, 2.05) is 37.5 Å². The van der Waals surface area contributed by atoms with E-state index >= 15 is 0 Å². The number of fused-ring (bicyclic) bond motifs is 1. The van der Waals surface area contributed by atoms with Gasteiger partial charge in [0.25, 0.3) is 0 Å². The zero-order valence-electron chi connectivity index (χ0n) is 12.3. The lowest BCUT2D eigenvalue weighted by molar-refractivity contribution is 0.389. The maximum atomic E-state index is 6.07. The first-order chi connectivity index (χ1) is 10.2. The highest BCUT2D eigenvalue weighted by molar-refractivity contribution is 6.30. The van der Waals surface area contributed by atoms with Crippen LogP contribution in [0.2, 0.25) is 5.02 Å². The summed E-state index contributed by atoms with van der Waals surface area (Å²) in [6.45, 7) is 0. The first-order valence-corrected chi connectivity index (χ1v) is 7.57. The summed E-state index contributed by atoms with van der Waals surface area (Å²) in [6, 6.07) is 10.2. The molecule has 1 heterocycles. The van der Waals surface area contributed by atoms with Crippen LogP contribution in [0.3, 0.4) is 0 Å². The molecule has 21 heavy (non-hydrogen) atoms. The van der Waals surface area contributed by atoms with Crippen molar-refractivity contribution < 1.29 is 4.74 Å². The van der Waals surface area contributed by atoms with Gasteiger partial charge in [-0.25, -0.2) is 0 Å². The second-order valence-electron chi connectivity index (χ2n) is 5.35. The number of hydrogen-bond acceptors (Lipinski definition) is 3. The fourth-order valence-electron chi connectivity index (χ4n) is 3.28. The van der Waals surface area contributed by atoms with Gasteiger partial charge in [0, 0.05) is 34.4 Å². The normalized spacial score (nSPS) is 18.3. The number of pyridine rings is 1. The van der Waals surface area contributed by atoms with Gasteiger partial charge in [-0.05, 0) is 43.7 Å². The fourth-order valence-corrected chi connectivity index (χ4v) is 3.45. The average Bonchev–Trinajstić information content (AvgIpc) is 2.93. The number of nitrogens with zero attached hydrogens (tertiary/aromatic N) is 1. The number of halogens is 1. The van der Waals surface area contributed by atoms with Crippen LogP contribution in [0, 0.1) is 0 Å². The highest BCUT2D eigenvalue weighted by atomic mass is 35.5. The predicted octanol–water partition coefficient (Wildman–Crippen LogP) is 3.73. The third-order valence-corrected chi connectivity index (χ3v) is 4.48. The van der Waals surface area contributed by atoms with Gasteiger partial charge in [-0.3, -0.25) is 4.98 Å². The molecule has 2 atom stereocenters. The molecule has 1 N–H and O–H groups in total. The predicted molar refractivity (Wildman–Crippen MR) is 85.1 cm³/mol. The van der Waals surface area contributed by atoms with E-state index in [9.17, 15) is 0 Å². The molecule has 3 nitrogen and oxygen atoms in total. The van der Waals surface area contributed by atoms with Crippen LogP contribution in [-0.2, 0) is 6.42 Å². The molecule has 0 saturated heterocycles. The largest absolute Gasteiger partial charge is 0.496 e. The van der Waals surface area contributed by atoms with Gasteiger partial charge in [-0.2, -0.15) is 0 Å². The van der Waals surface area contributed by atoms with Crippen molar-refractivity contribution in [2.75, 3.05) is 14.2 Å². The molecule has 2 aromatic rings. The van der Waals surface area contributed by atoms with E-state index < -0.39 is 0 Å². The van der Waals surface area contributed by atoms with Crippen molar-refractivity contribution in [1.29, 1.82) is 0 Å². The first-order valence-electron chi connectivity index (χ1n) is 7.19. The molecule has 3 rings (SSSR count). The summed E-state index contributed by atoms with van der Waals surface area (Å²) in [6.07, 6.45) is 4.06. The van der Waals surface area contributed by atoms with E-state index in [0.717, 1.165) is 24.2 Å². The standard InChI is InChI=1S/C17H19ClN2O/c1-19-17(13-8-6-12(18)10-15(13)21-2)14-7-5-11-4-3-9-20-16(11)14/h3-4,6,8-10,14,17,19H,5,7H2,1-2H3. The molecule has 0 aliphatic heterocycles. The molecule has 0 saturated carbocycles. The molecule has 0 fully saturated rings. The average molecular weight is 303 g/mol. The Balaban J connectivity index is 2.00. The molecular formula is C17H19ClN2O. The maximum absolute atomic E-state index is 6.07. The first kappa shape index (κ1) is 14.4. The minimum atomic E-state index is 0.174. The Labute approximate surface area is 130 Å². The van der Waals surface area contributed by atoms with Crippen molar-refractivity contribution in [3.8, 4) is 5.75 Å². The van der Waals surface area contributed by atoms with Gasteiger partial charge in [-0.1, -0.05) is 23.7 Å². The quantitative estimate of drug-likeness (QED) is 0.934. The minimum absolute atomic E-state index is 0.174. The molecule has 0 spiro atoms. The van der Waals surface area contributed by atoms with Crippen LogP contribution in [-0.4, -0.2) is 19.1 Å².